The van der Waals surface area contributed by atoms with Crippen molar-refractivity contribution in [1.82, 2.24) is 5.32 Å². The van der Waals surface area contributed by atoms with Gasteiger partial charge in [0.05, 0.1) is 33.8 Å². The van der Waals surface area contributed by atoms with E-state index in [2.05, 4.69) is 123 Å². The van der Waals surface area contributed by atoms with Crippen molar-refractivity contribution in [3.05, 3.63) is 109 Å². The highest BCUT2D eigenvalue weighted by atomic mass is 31.2. The highest BCUT2D eigenvalue weighted by Crippen LogP contribution is 2.43. The Morgan fingerprint density at radius 2 is 0.780 bits per heavy atom. The van der Waals surface area contributed by atoms with Gasteiger partial charge in [-0.2, -0.15) is 0 Å². The Morgan fingerprint density at radius 1 is 0.439 bits per heavy atom. The van der Waals surface area contributed by atoms with Crippen LogP contribution in [0.15, 0.2) is 109 Å². The predicted molar refractivity (Wildman–Crippen MR) is 355 cm³/mol. The number of hydrogen-bond donors (Lipinski definition) is 2. The molecule has 1 amide bonds. The summed E-state index contributed by atoms with van der Waals surface area (Å²) in [6, 6.07) is -0.868. The highest BCUT2D eigenvalue weighted by Gasteiger charge is 2.30. The van der Waals surface area contributed by atoms with Crippen molar-refractivity contribution in [2.24, 2.45) is 0 Å². The average molecular weight is 1160 g/mol. The summed E-state index contributed by atoms with van der Waals surface area (Å²) in [4.78, 5) is 37.8. The molecule has 2 N–H and O–H groups in total. The maximum atomic E-state index is 13.6. The number of esters is 1. The molecule has 0 aromatic heterocycles. The lowest BCUT2D eigenvalue weighted by Gasteiger charge is -2.27. The lowest BCUT2D eigenvalue weighted by molar-refractivity contribution is -0.870. The summed E-state index contributed by atoms with van der Waals surface area (Å²) in [5.74, 6) is -0.538. The molecule has 0 saturated carbocycles. The summed E-state index contributed by atoms with van der Waals surface area (Å²) < 4.78 is 30.8. The van der Waals surface area contributed by atoms with Gasteiger partial charge in [-0.3, -0.25) is 18.6 Å². The highest BCUT2D eigenvalue weighted by molar-refractivity contribution is 7.47. The molecule has 3 atom stereocenters. The van der Waals surface area contributed by atoms with E-state index < -0.39 is 20.0 Å². The summed E-state index contributed by atoms with van der Waals surface area (Å²) in [7, 11) is 1.47. The van der Waals surface area contributed by atoms with Crippen LogP contribution in [0.25, 0.3) is 0 Å². The fraction of sp³-hybridized carbons (Fsp3) is 0.722. The minimum absolute atomic E-state index is 0.0306. The second kappa shape index (κ2) is 60.8. The Bertz CT molecular complexity index is 1770. The second-order valence-electron chi connectivity index (χ2n) is 23.6. The van der Waals surface area contributed by atoms with E-state index in [1.807, 2.05) is 33.3 Å². The molecule has 0 aliphatic rings. The average Bonchev–Trinajstić information content (AvgIpc) is 3.44. The van der Waals surface area contributed by atoms with Crippen molar-refractivity contribution < 1.29 is 37.3 Å². The maximum Gasteiger partial charge on any atom is 0.472 e. The zero-order valence-corrected chi connectivity index (χ0v) is 54.8. The summed E-state index contributed by atoms with van der Waals surface area (Å²) >= 11 is 0. The molecule has 0 spiro atoms. The Balaban J connectivity index is 5.22. The number of nitrogens with zero attached hydrogens (tertiary/aromatic N) is 1. The standard InChI is InChI=1S/C72H127N2O7P/c1-7-10-13-16-19-22-25-28-30-32-34-36-37-39-41-43-45-47-50-53-56-59-62-65-72(76)81-70(63-60-57-54-51-48-27-24-21-18-15-12-9-3)69(68-80-82(77,78)79-67-66-74(4,5)6)73-71(75)64-61-58-55-52-49-46-44-42-40-38-35-33-31-29-26-23-20-17-14-11-8-2/h10,13,19-20,22-23,28-31,34,36,39,41,45,47,60,63,69-70H,7-9,11-12,14-18,21,24-27,32-33,35,37-38,40,42-44,46,48-59,61-62,64-68H2,1-6H3,(H-,73,75,77,78)/p+1/b13-10-,22-19-,23-20-,30-28-,31-29-,36-34-,41-39-,47-45-,63-60+. The molecule has 0 heterocycles. The van der Waals surface area contributed by atoms with Crippen LogP contribution in [-0.2, 0) is 27.9 Å². The van der Waals surface area contributed by atoms with Crippen LogP contribution in [0.2, 0.25) is 0 Å². The maximum absolute atomic E-state index is 13.6. The van der Waals surface area contributed by atoms with Crippen LogP contribution < -0.4 is 5.32 Å². The van der Waals surface area contributed by atoms with Gasteiger partial charge in [0.25, 0.3) is 0 Å². The van der Waals surface area contributed by atoms with Crippen LogP contribution in [0.1, 0.15) is 284 Å². The molecule has 0 radical (unpaired) electrons. The number of phosphoric acid groups is 1. The number of quaternary nitrogens is 1. The Morgan fingerprint density at radius 3 is 1.20 bits per heavy atom. The zero-order valence-electron chi connectivity index (χ0n) is 54.0. The minimum atomic E-state index is -4.47. The van der Waals surface area contributed by atoms with Crippen LogP contribution >= 0.6 is 7.82 Å². The number of likely N-dealkylation sites (N-methyl/N-ethyl adjacent to an activating group) is 1. The smallest absolute Gasteiger partial charge is 0.456 e. The number of carbonyl (C=O) groups excluding carboxylic acids is 2. The summed E-state index contributed by atoms with van der Waals surface area (Å²) in [5.41, 5.74) is 0. The van der Waals surface area contributed by atoms with Crippen molar-refractivity contribution in [2.45, 2.75) is 296 Å². The zero-order chi connectivity index (χ0) is 60.0. The van der Waals surface area contributed by atoms with Crippen molar-refractivity contribution in [1.29, 1.82) is 0 Å². The molecule has 0 rings (SSSR count). The van der Waals surface area contributed by atoms with Gasteiger partial charge >= 0.3 is 13.8 Å². The summed E-state index contributed by atoms with van der Waals surface area (Å²) in [6.07, 6.45) is 83.7. The van der Waals surface area contributed by atoms with Gasteiger partial charge in [0.2, 0.25) is 5.91 Å². The number of phosphoric ester groups is 1. The second-order valence-corrected chi connectivity index (χ2v) is 25.1. The number of rotatable bonds is 60. The SMILES string of the molecule is CC/C=C\C/C=C\C/C=C\C/C=C\C/C=C\C/C=C\CCCCCCC(=O)OC(/C=C/CCCCCCCCCCCC)C(COP(=O)(O)OCC[N+](C)(C)C)NC(=O)CCCCCCCCCCCCC/C=C\C/C=C\CCCCC. The first-order chi connectivity index (χ1) is 39.9. The molecule has 0 bridgehead atoms. The first-order valence-electron chi connectivity index (χ1n) is 33.7. The van der Waals surface area contributed by atoms with Crippen LogP contribution in [0.4, 0.5) is 0 Å². The van der Waals surface area contributed by atoms with Crippen LogP contribution in [0.5, 0.6) is 0 Å². The van der Waals surface area contributed by atoms with Crippen molar-refractivity contribution in [3.63, 3.8) is 0 Å². The molecule has 0 aliphatic carbocycles. The van der Waals surface area contributed by atoms with Gasteiger partial charge in [0, 0.05) is 12.8 Å². The Hall–Kier alpha value is -3.33. The van der Waals surface area contributed by atoms with Gasteiger partial charge in [-0.05, 0) is 115 Å². The van der Waals surface area contributed by atoms with Gasteiger partial charge in [0.15, 0.2) is 0 Å². The molecular formula is C72H128N2O7P+. The van der Waals surface area contributed by atoms with Crippen LogP contribution in [0.3, 0.4) is 0 Å². The molecule has 0 aromatic rings. The lowest BCUT2D eigenvalue weighted by atomic mass is 10.0. The number of ether oxygens (including phenoxy) is 1. The molecule has 9 nitrogen and oxygen atoms in total. The molecule has 472 valence electrons. The molecule has 10 heteroatoms. The van der Waals surface area contributed by atoms with Gasteiger partial charge in [-0.25, -0.2) is 4.57 Å². The predicted octanol–water partition coefficient (Wildman–Crippen LogP) is 21.3. The van der Waals surface area contributed by atoms with Crippen LogP contribution in [0, 0.1) is 0 Å². The van der Waals surface area contributed by atoms with E-state index in [0.29, 0.717) is 23.9 Å². The fourth-order valence-corrected chi connectivity index (χ4v) is 10.0. The number of hydrogen-bond acceptors (Lipinski definition) is 6. The number of allylic oxidation sites excluding steroid dienone is 17. The molecule has 3 unspecified atom stereocenters. The molecule has 0 aromatic carbocycles. The Labute approximate surface area is 506 Å². The number of nitrogens with one attached hydrogen (secondary N) is 1. The molecule has 0 saturated heterocycles. The third-order valence-corrected chi connectivity index (χ3v) is 15.4. The monoisotopic (exact) mass is 1160 g/mol. The quantitative estimate of drug-likeness (QED) is 0.0205. The minimum Gasteiger partial charge on any atom is -0.456 e. The van der Waals surface area contributed by atoms with Crippen molar-refractivity contribution >= 4 is 19.7 Å². The van der Waals surface area contributed by atoms with E-state index >= 15 is 0 Å². The molecule has 0 aliphatic heterocycles. The third kappa shape index (κ3) is 61.2. The van der Waals surface area contributed by atoms with E-state index in [1.165, 1.54) is 135 Å². The first-order valence-corrected chi connectivity index (χ1v) is 35.2. The van der Waals surface area contributed by atoms with E-state index in [1.54, 1.807) is 0 Å². The van der Waals surface area contributed by atoms with E-state index in [9.17, 15) is 19.0 Å². The van der Waals surface area contributed by atoms with E-state index in [0.717, 1.165) is 109 Å². The molecule has 0 fully saturated rings. The number of carbonyl (C=O) groups is 2. The van der Waals surface area contributed by atoms with Gasteiger partial charge < -0.3 is 19.4 Å². The Kier molecular flexibility index (Phi) is 58.3. The first kappa shape index (κ1) is 78.7. The van der Waals surface area contributed by atoms with Crippen molar-refractivity contribution in [2.75, 3.05) is 40.9 Å². The summed E-state index contributed by atoms with van der Waals surface area (Å²) in [5, 5.41) is 3.06. The normalized spacial score (nSPS) is 14.3. The molecular weight excluding hydrogens is 1040 g/mol. The van der Waals surface area contributed by atoms with Gasteiger partial charge in [0.1, 0.15) is 19.3 Å². The molecule has 82 heavy (non-hydrogen) atoms. The van der Waals surface area contributed by atoms with E-state index in [4.69, 9.17) is 13.8 Å². The summed E-state index contributed by atoms with van der Waals surface area (Å²) in [6.45, 7) is 6.86. The fourth-order valence-electron chi connectivity index (χ4n) is 9.27. The number of amides is 1. The third-order valence-electron chi connectivity index (χ3n) is 14.4. The largest absolute Gasteiger partial charge is 0.472 e. The van der Waals surface area contributed by atoms with Crippen LogP contribution in [-0.4, -0.2) is 74.3 Å². The van der Waals surface area contributed by atoms with Gasteiger partial charge in [-0.15, -0.1) is 0 Å². The van der Waals surface area contributed by atoms with Gasteiger partial charge in [-0.1, -0.05) is 265 Å². The van der Waals surface area contributed by atoms with E-state index in [-0.39, 0.29) is 31.5 Å². The lowest BCUT2D eigenvalue weighted by Crippen LogP contribution is -2.47. The number of unbranched alkanes of at least 4 members (excludes halogenated alkanes) is 28. The topological polar surface area (TPSA) is 111 Å². The van der Waals surface area contributed by atoms with Crippen molar-refractivity contribution in [3.8, 4) is 0 Å².